The van der Waals surface area contributed by atoms with Gasteiger partial charge < -0.3 is 9.47 Å². The Morgan fingerprint density at radius 3 is 0.848 bits per heavy atom. The molecule has 0 saturated carbocycles. The zero-order valence-electron chi connectivity index (χ0n) is 28.0. The van der Waals surface area contributed by atoms with E-state index in [-0.39, 0.29) is 24.1 Å². The van der Waals surface area contributed by atoms with Crippen molar-refractivity contribution in [2.24, 2.45) is 0 Å². The third-order valence-corrected chi connectivity index (χ3v) is 8.20. The van der Waals surface area contributed by atoms with Gasteiger partial charge in [0.05, 0.1) is 23.3 Å². The van der Waals surface area contributed by atoms with E-state index in [1.807, 2.05) is 76.2 Å². The number of rotatable bonds is 8. The Labute approximate surface area is 273 Å². The van der Waals surface area contributed by atoms with Gasteiger partial charge >= 0.3 is 11.9 Å². The summed E-state index contributed by atoms with van der Waals surface area (Å²) in [6.07, 6.45) is -0.293. The minimum Gasteiger partial charge on any atom is -0.459 e. The van der Waals surface area contributed by atoms with Crippen LogP contribution in [0.1, 0.15) is 70.7 Å². The van der Waals surface area contributed by atoms with Gasteiger partial charge in [0.2, 0.25) is 0 Å². The van der Waals surface area contributed by atoms with Gasteiger partial charge in [-0.1, -0.05) is 72.8 Å². The molecule has 46 heavy (non-hydrogen) atoms. The normalized spacial score (nSPS) is 11.2. The van der Waals surface area contributed by atoms with E-state index in [0.29, 0.717) is 11.1 Å². The number of carbonyl (C=O) groups is 2. The molecule has 4 nitrogen and oxygen atoms in total. The maximum absolute atomic E-state index is 12.3. The molecule has 0 saturated heterocycles. The summed E-state index contributed by atoms with van der Waals surface area (Å²) in [6, 6.07) is 33.0. The molecule has 5 aromatic carbocycles. The fraction of sp³-hybridized carbons (Fsp3) is 0.238. The van der Waals surface area contributed by atoms with Crippen LogP contribution in [-0.2, 0) is 9.47 Å². The highest BCUT2D eigenvalue weighted by molar-refractivity contribution is 5.91. The fourth-order valence-electron chi connectivity index (χ4n) is 5.84. The monoisotopic (exact) mass is 610 g/mol. The summed E-state index contributed by atoms with van der Waals surface area (Å²) in [5, 5.41) is 0. The number of carbonyl (C=O) groups excluding carboxylic acids is 2. The minimum absolute atomic E-state index is 0.147. The molecule has 0 aliphatic carbocycles. The Hall–Kier alpha value is -4.96. The smallest absolute Gasteiger partial charge is 0.338 e. The summed E-state index contributed by atoms with van der Waals surface area (Å²) in [6.45, 7) is 16.0. The fourth-order valence-corrected chi connectivity index (χ4v) is 5.84. The molecule has 5 aromatic rings. The molecule has 0 bridgehead atoms. The zero-order chi connectivity index (χ0) is 33.1. The van der Waals surface area contributed by atoms with Crippen LogP contribution in [0.3, 0.4) is 0 Å². The molecule has 0 fully saturated rings. The molecular formula is C42H42O4. The molecule has 0 unspecified atom stereocenters. The quantitative estimate of drug-likeness (QED) is 0.164. The van der Waals surface area contributed by atoms with Crippen molar-refractivity contribution < 1.29 is 19.1 Å². The van der Waals surface area contributed by atoms with E-state index in [1.165, 1.54) is 44.5 Å². The van der Waals surface area contributed by atoms with E-state index in [9.17, 15) is 9.59 Å². The Bertz CT molecular complexity index is 1740. The summed E-state index contributed by atoms with van der Waals surface area (Å²) < 4.78 is 10.7. The molecule has 0 heterocycles. The van der Waals surface area contributed by atoms with Gasteiger partial charge in [0.15, 0.2) is 0 Å². The van der Waals surface area contributed by atoms with Crippen LogP contribution in [0, 0.1) is 27.7 Å². The highest BCUT2D eigenvalue weighted by Crippen LogP contribution is 2.35. The number of hydrogen-bond acceptors (Lipinski definition) is 4. The number of hydrogen-bond donors (Lipinski definition) is 0. The van der Waals surface area contributed by atoms with Crippen molar-refractivity contribution in [3.63, 3.8) is 0 Å². The molecular weight excluding hydrogens is 568 g/mol. The SMILES string of the molecule is Cc1cc(-c2ccc(-c3cc(C)c(-c4ccc(C(=O)OC(C)C)cc4)cc3C)cc2)c(C)cc1-c1ccc(C(=O)OC(C)C)cc1. The van der Waals surface area contributed by atoms with Crippen LogP contribution >= 0.6 is 0 Å². The van der Waals surface area contributed by atoms with Crippen molar-refractivity contribution in [2.45, 2.75) is 67.6 Å². The first kappa shape index (κ1) is 32.4. The van der Waals surface area contributed by atoms with Crippen molar-refractivity contribution in [1.29, 1.82) is 0 Å². The van der Waals surface area contributed by atoms with Crippen molar-refractivity contribution in [1.82, 2.24) is 0 Å². The van der Waals surface area contributed by atoms with E-state index < -0.39 is 0 Å². The van der Waals surface area contributed by atoms with Gasteiger partial charge in [-0.3, -0.25) is 0 Å². The van der Waals surface area contributed by atoms with Crippen molar-refractivity contribution in [3.05, 3.63) is 130 Å². The van der Waals surface area contributed by atoms with E-state index in [0.717, 1.165) is 22.3 Å². The summed E-state index contributed by atoms with van der Waals surface area (Å²) in [5.74, 6) is -0.599. The van der Waals surface area contributed by atoms with Gasteiger partial charge in [-0.2, -0.15) is 0 Å². The molecule has 0 spiro atoms. The van der Waals surface area contributed by atoms with Crippen LogP contribution in [0.2, 0.25) is 0 Å². The zero-order valence-corrected chi connectivity index (χ0v) is 28.0. The second kappa shape index (κ2) is 13.6. The predicted octanol–water partition coefficient (Wildman–Crippen LogP) is 10.7. The summed E-state index contributed by atoms with van der Waals surface area (Å²) in [7, 11) is 0. The van der Waals surface area contributed by atoms with Gasteiger partial charge in [-0.25, -0.2) is 9.59 Å². The molecule has 0 aromatic heterocycles. The second-order valence-electron chi connectivity index (χ2n) is 12.6. The average Bonchev–Trinajstić information content (AvgIpc) is 3.02. The van der Waals surface area contributed by atoms with Crippen LogP contribution in [0.4, 0.5) is 0 Å². The lowest BCUT2D eigenvalue weighted by Gasteiger charge is -2.16. The number of aryl methyl sites for hydroxylation is 4. The Morgan fingerprint density at radius 1 is 0.413 bits per heavy atom. The van der Waals surface area contributed by atoms with Crippen LogP contribution < -0.4 is 0 Å². The Morgan fingerprint density at radius 2 is 0.630 bits per heavy atom. The molecule has 5 rings (SSSR count). The first-order valence-electron chi connectivity index (χ1n) is 15.9. The van der Waals surface area contributed by atoms with Crippen LogP contribution in [0.15, 0.2) is 97.1 Å². The van der Waals surface area contributed by atoms with Crippen LogP contribution in [0.5, 0.6) is 0 Å². The third-order valence-electron chi connectivity index (χ3n) is 8.20. The highest BCUT2D eigenvalue weighted by atomic mass is 16.5. The lowest BCUT2D eigenvalue weighted by molar-refractivity contribution is 0.0367. The molecule has 0 atom stereocenters. The summed E-state index contributed by atoms with van der Waals surface area (Å²) in [4.78, 5) is 24.5. The van der Waals surface area contributed by atoms with Gasteiger partial charge in [0, 0.05) is 0 Å². The lowest BCUT2D eigenvalue weighted by atomic mass is 9.89. The van der Waals surface area contributed by atoms with Crippen molar-refractivity contribution in [2.75, 3.05) is 0 Å². The standard InChI is InChI=1S/C42H42O4/c1-25(2)45-41(43)35-17-13-33(14-18-35)39-23-27(5)37(21-29(39)7)31-9-11-32(12-10-31)38-22-30(8)40(24-28(38)6)34-15-19-36(20-16-34)42(44)46-26(3)4/h9-26H,1-8H3. The number of benzene rings is 5. The topological polar surface area (TPSA) is 52.6 Å². The van der Waals surface area contributed by atoms with E-state index in [2.05, 4.69) is 76.2 Å². The highest BCUT2D eigenvalue weighted by Gasteiger charge is 2.14. The molecule has 4 heteroatoms. The first-order chi connectivity index (χ1) is 21.9. The van der Waals surface area contributed by atoms with Gasteiger partial charge in [-0.05, 0) is 146 Å². The lowest BCUT2D eigenvalue weighted by Crippen LogP contribution is -2.11. The first-order valence-corrected chi connectivity index (χ1v) is 15.9. The third kappa shape index (κ3) is 7.13. The van der Waals surface area contributed by atoms with Gasteiger partial charge in [-0.15, -0.1) is 0 Å². The van der Waals surface area contributed by atoms with Crippen molar-refractivity contribution >= 4 is 11.9 Å². The predicted molar refractivity (Wildman–Crippen MR) is 188 cm³/mol. The van der Waals surface area contributed by atoms with E-state index >= 15 is 0 Å². The maximum atomic E-state index is 12.3. The van der Waals surface area contributed by atoms with Gasteiger partial charge in [0.25, 0.3) is 0 Å². The molecule has 0 aliphatic heterocycles. The largest absolute Gasteiger partial charge is 0.459 e. The Kier molecular flexibility index (Phi) is 9.57. The number of esters is 2. The van der Waals surface area contributed by atoms with Crippen LogP contribution in [0.25, 0.3) is 44.5 Å². The molecule has 0 aliphatic rings. The van der Waals surface area contributed by atoms with Gasteiger partial charge in [0.1, 0.15) is 0 Å². The summed E-state index contributed by atoms with van der Waals surface area (Å²) in [5.41, 5.74) is 15.0. The Balaban J connectivity index is 1.36. The second-order valence-corrected chi connectivity index (χ2v) is 12.6. The van der Waals surface area contributed by atoms with Crippen molar-refractivity contribution in [3.8, 4) is 44.5 Å². The molecule has 0 N–H and O–H groups in total. The van der Waals surface area contributed by atoms with E-state index in [1.54, 1.807) is 0 Å². The minimum atomic E-state index is -0.300. The van der Waals surface area contributed by atoms with Crippen LogP contribution in [-0.4, -0.2) is 24.1 Å². The van der Waals surface area contributed by atoms with E-state index in [4.69, 9.17) is 9.47 Å². The summed E-state index contributed by atoms with van der Waals surface area (Å²) >= 11 is 0. The number of ether oxygens (including phenoxy) is 2. The maximum Gasteiger partial charge on any atom is 0.338 e. The molecule has 234 valence electrons. The molecule has 0 radical (unpaired) electrons. The average molecular weight is 611 g/mol. The molecule has 0 amide bonds.